The predicted molar refractivity (Wildman–Crippen MR) is 42.3 cm³/mol. The van der Waals surface area contributed by atoms with Gasteiger partial charge in [0.25, 0.3) is 0 Å². The van der Waals surface area contributed by atoms with E-state index < -0.39 is 17.5 Å². The lowest BCUT2D eigenvalue weighted by atomic mass is 10.5. The van der Waals surface area contributed by atoms with Gasteiger partial charge in [-0.15, -0.1) is 0 Å². The van der Waals surface area contributed by atoms with Crippen LogP contribution in [0.4, 0.5) is 13.2 Å². The highest BCUT2D eigenvalue weighted by Crippen LogP contribution is 2.16. The molecule has 0 unspecified atom stereocenters. The van der Waals surface area contributed by atoms with Gasteiger partial charge in [-0.25, -0.2) is 4.98 Å². The highest BCUT2D eigenvalue weighted by Gasteiger charge is 2.36. The molecule has 1 heterocycles. The zero-order chi connectivity index (χ0) is 10.9. The Hall–Kier alpha value is -1.37. The summed E-state index contributed by atoms with van der Waals surface area (Å²) in [5.41, 5.74) is -0.559. The van der Waals surface area contributed by atoms with Crippen LogP contribution in [-0.4, -0.2) is 21.6 Å². The summed E-state index contributed by atoms with van der Waals surface area (Å²) >= 11 is 5.33. The second kappa shape index (κ2) is 3.41. The molecule has 4 nitrogen and oxygen atoms in total. The van der Waals surface area contributed by atoms with Gasteiger partial charge in [-0.1, -0.05) is 11.6 Å². The lowest BCUT2D eigenvalue weighted by Crippen LogP contribution is -2.36. The van der Waals surface area contributed by atoms with Gasteiger partial charge < -0.3 is 0 Å². The van der Waals surface area contributed by atoms with Crippen molar-refractivity contribution < 1.29 is 13.2 Å². The van der Waals surface area contributed by atoms with E-state index in [1.165, 1.54) is 0 Å². The van der Waals surface area contributed by atoms with Crippen molar-refractivity contribution in [2.75, 3.05) is 0 Å². The van der Waals surface area contributed by atoms with Gasteiger partial charge in [0, 0.05) is 6.20 Å². The summed E-state index contributed by atoms with van der Waals surface area (Å²) in [6, 6.07) is 0. The molecule has 0 aliphatic carbocycles. The van der Waals surface area contributed by atoms with E-state index in [1.54, 1.807) is 0 Å². The Morgan fingerprint density at radius 2 is 2.07 bits per heavy atom. The molecular formula is C6H4ClF3N4. The van der Waals surface area contributed by atoms with Gasteiger partial charge in [-0.05, 0) is 0 Å². The van der Waals surface area contributed by atoms with E-state index >= 15 is 0 Å². The molecule has 2 N–H and O–H groups in total. The van der Waals surface area contributed by atoms with Crippen molar-refractivity contribution in [3.63, 3.8) is 0 Å². The monoisotopic (exact) mass is 224 g/mol. The standard InChI is InChI=1S/C6H4ClF3N4/c7-3-2-14(4(11)1-13-3)5(12)6(8,9)10/h1-2,11-12H. The molecule has 1 aromatic heterocycles. The van der Waals surface area contributed by atoms with Crippen molar-refractivity contribution in [3.05, 3.63) is 23.0 Å². The first-order valence-corrected chi connectivity index (χ1v) is 3.65. The molecule has 8 heteroatoms. The third-order valence-electron chi connectivity index (χ3n) is 1.31. The molecule has 0 amide bonds. The normalized spacial score (nSPS) is 11.4. The fourth-order valence-corrected chi connectivity index (χ4v) is 0.862. The molecule has 0 spiro atoms. The number of rotatable bonds is 0. The van der Waals surface area contributed by atoms with Crippen molar-refractivity contribution in [1.29, 1.82) is 10.8 Å². The third-order valence-corrected chi connectivity index (χ3v) is 1.51. The first-order valence-electron chi connectivity index (χ1n) is 3.27. The van der Waals surface area contributed by atoms with Crippen molar-refractivity contribution in [2.45, 2.75) is 6.18 Å². The highest BCUT2D eigenvalue weighted by atomic mass is 35.5. The quantitative estimate of drug-likeness (QED) is 0.508. The third kappa shape index (κ3) is 2.11. The van der Waals surface area contributed by atoms with Gasteiger partial charge >= 0.3 is 6.18 Å². The number of alkyl halides is 3. The second-order valence-electron chi connectivity index (χ2n) is 2.31. The molecule has 0 atom stereocenters. The molecule has 76 valence electrons. The molecule has 0 aliphatic heterocycles. The lowest BCUT2D eigenvalue weighted by molar-refractivity contribution is -0.0626. The minimum atomic E-state index is -4.81. The summed E-state index contributed by atoms with van der Waals surface area (Å²) in [4.78, 5) is 3.40. The van der Waals surface area contributed by atoms with E-state index in [1.807, 2.05) is 0 Å². The number of hydrogen-bond donors (Lipinski definition) is 2. The molecule has 0 saturated carbocycles. The summed E-state index contributed by atoms with van der Waals surface area (Å²) in [5, 5.41) is 13.6. The first-order chi connectivity index (χ1) is 6.32. The zero-order valence-corrected chi connectivity index (χ0v) is 7.32. The fourth-order valence-electron chi connectivity index (χ4n) is 0.716. The zero-order valence-electron chi connectivity index (χ0n) is 6.56. The minimum absolute atomic E-state index is 0.213. The average molecular weight is 225 g/mol. The molecule has 1 rings (SSSR count). The van der Waals surface area contributed by atoms with Crippen LogP contribution in [0.5, 0.6) is 0 Å². The Bertz CT molecular complexity index is 422. The van der Waals surface area contributed by atoms with Crippen molar-refractivity contribution in [1.82, 2.24) is 9.55 Å². The SMILES string of the molecule is N=C(n1cc(Cl)ncc1=N)C(F)(F)F. The number of halogens is 4. The summed E-state index contributed by atoms with van der Waals surface area (Å²) < 4.78 is 36.5. The first kappa shape index (κ1) is 10.7. The molecule has 14 heavy (non-hydrogen) atoms. The van der Waals surface area contributed by atoms with E-state index in [-0.39, 0.29) is 5.15 Å². The van der Waals surface area contributed by atoms with Crippen LogP contribution in [-0.2, 0) is 0 Å². The van der Waals surface area contributed by atoms with Crippen LogP contribution in [0.1, 0.15) is 0 Å². The highest BCUT2D eigenvalue weighted by molar-refractivity contribution is 6.29. The van der Waals surface area contributed by atoms with Crippen LogP contribution in [0, 0.1) is 10.8 Å². The molecule has 1 aromatic rings. The maximum atomic E-state index is 12.1. The Balaban J connectivity index is 3.27. The van der Waals surface area contributed by atoms with Gasteiger partial charge in [-0.2, -0.15) is 13.2 Å². The van der Waals surface area contributed by atoms with Gasteiger partial charge in [0.2, 0.25) is 5.84 Å². The Labute approximate surface area is 81.0 Å². The predicted octanol–water partition coefficient (Wildman–Crippen LogP) is 1.40. The summed E-state index contributed by atoms with van der Waals surface area (Å²) in [6.07, 6.45) is -3.21. The molecule has 0 saturated heterocycles. The summed E-state index contributed by atoms with van der Waals surface area (Å²) in [5.74, 6) is -1.67. The van der Waals surface area contributed by atoms with Crippen LogP contribution in [0.3, 0.4) is 0 Å². The van der Waals surface area contributed by atoms with E-state index in [0.717, 1.165) is 12.4 Å². The van der Waals surface area contributed by atoms with Gasteiger partial charge in [0.15, 0.2) is 0 Å². The lowest BCUT2D eigenvalue weighted by Gasteiger charge is -2.10. The van der Waals surface area contributed by atoms with E-state index in [0.29, 0.717) is 4.57 Å². The van der Waals surface area contributed by atoms with Gasteiger partial charge in [-0.3, -0.25) is 15.4 Å². The van der Waals surface area contributed by atoms with Crippen molar-refractivity contribution in [2.24, 2.45) is 0 Å². The number of hydrogen-bond acceptors (Lipinski definition) is 3. The van der Waals surface area contributed by atoms with Crippen LogP contribution in [0.25, 0.3) is 0 Å². The van der Waals surface area contributed by atoms with Crippen molar-refractivity contribution >= 4 is 17.4 Å². The molecule has 0 fully saturated rings. The van der Waals surface area contributed by atoms with Crippen LogP contribution >= 0.6 is 11.6 Å². The Morgan fingerprint density at radius 1 is 1.50 bits per heavy atom. The molecular weight excluding hydrogens is 221 g/mol. The fraction of sp³-hybridized carbons (Fsp3) is 0.167. The summed E-state index contributed by atoms with van der Waals surface area (Å²) in [7, 11) is 0. The van der Waals surface area contributed by atoms with Gasteiger partial charge in [0.05, 0.1) is 6.20 Å². The second-order valence-corrected chi connectivity index (χ2v) is 2.70. The van der Waals surface area contributed by atoms with Gasteiger partial charge in [0.1, 0.15) is 10.6 Å². The number of aromatic nitrogens is 2. The Kier molecular flexibility index (Phi) is 2.61. The summed E-state index contributed by atoms with van der Waals surface area (Å²) in [6.45, 7) is 0. The molecule has 0 aliphatic rings. The van der Waals surface area contributed by atoms with E-state index in [9.17, 15) is 13.2 Å². The number of nitrogens with zero attached hydrogens (tertiary/aromatic N) is 2. The largest absolute Gasteiger partial charge is 0.449 e. The van der Waals surface area contributed by atoms with E-state index in [2.05, 4.69) is 4.98 Å². The number of nitrogens with one attached hydrogen (secondary N) is 2. The Morgan fingerprint density at radius 3 is 2.57 bits per heavy atom. The van der Waals surface area contributed by atoms with E-state index in [4.69, 9.17) is 22.4 Å². The maximum Gasteiger partial charge on any atom is 0.449 e. The topological polar surface area (TPSA) is 65.5 Å². The smallest absolute Gasteiger partial charge is 0.283 e. The van der Waals surface area contributed by atoms with Crippen LogP contribution in [0.2, 0.25) is 5.15 Å². The van der Waals surface area contributed by atoms with Crippen LogP contribution in [0.15, 0.2) is 12.4 Å². The molecule has 0 radical (unpaired) electrons. The van der Waals surface area contributed by atoms with Crippen LogP contribution < -0.4 is 5.49 Å². The maximum absolute atomic E-state index is 12.1. The van der Waals surface area contributed by atoms with Crippen molar-refractivity contribution in [3.8, 4) is 0 Å². The molecule has 0 bridgehead atoms. The average Bonchev–Trinajstić information content (AvgIpc) is 2.06. The molecule has 0 aromatic carbocycles. The minimum Gasteiger partial charge on any atom is -0.283 e.